The topological polar surface area (TPSA) is 154 Å². The highest BCUT2D eigenvalue weighted by Crippen LogP contribution is 2.01. The Morgan fingerprint density at radius 2 is 0.642 bits per heavy atom. The number of rotatable bonds is 43. The standard InChI is InChI=1S/C38H66O15/c1-2-3-4-8-11-41-12-13-42-14-15-43-16-17-44-18-19-45-20-21-46-22-23-47-24-25-48-26-27-49-28-29-50-30-31-51-32-33-52-34-35-53-38(40)37(39)36-9-6-5-7-10-36/h5-7,9-10H,2-4,8,11-35H2,1H3. The van der Waals surface area contributed by atoms with Crippen molar-refractivity contribution in [3.63, 3.8) is 0 Å². The minimum absolute atomic E-state index is 0.00341. The molecule has 0 unspecified atom stereocenters. The fourth-order valence-electron chi connectivity index (χ4n) is 4.12. The van der Waals surface area contributed by atoms with Crippen molar-refractivity contribution in [1.29, 1.82) is 0 Å². The largest absolute Gasteiger partial charge is 0.457 e. The second-order valence-corrected chi connectivity index (χ2v) is 11.2. The van der Waals surface area contributed by atoms with Gasteiger partial charge in [-0.15, -0.1) is 0 Å². The lowest BCUT2D eigenvalue weighted by Gasteiger charge is -2.09. The minimum Gasteiger partial charge on any atom is -0.457 e. The number of ether oxygens (including phenoxy) is 13. The quantitative estimate of drug-likeness (QED) is 0.0414. The van der Waals surface area contributed by atoms with E-state index in [9.17, 15) is 9.59 Å². The lowest BCUT2D eigenvalue weighted by atomic mass is 10.1. The molecule has 15 nitrogen and oxygen atoms in total. The summed E-state index contributed by atoms with van der Waals surface area (Å²) in [7, 11) is 0. The van der Waals surface area contributed by atoms with Crippen LogP contribution in [0.1, 0.15) is 43.0 Å². The van der Waals surface area contributed by atoms with Crippen LogP contribution in [0.25, 0.3) is 0 Å². The van der Waals surface area contributed by atoms with Gasteiger partial charge < -0.3 is 61.6 Å². The third-order valence-electron chi connectivity index (χ3n) is 6.92. The lowest BCUT2D eigenvalue weighted by Crippen LogP contribution is -2.20. The molecule has 1 aromatic carbocycles. The molecular formula is C38H66O15. The van der Waals surface area contributed by atoms with E-state index in [4.69, 9.17) is 61.6 Å². The number of hydrogen-bond acceptors (Lipinski definition) is 15. The molecule has 0 amide bonds. The van der Waals surface area contributed by atoms with Crippen molar-refractivity contribution in [1.82, 2.24) is 0 Å². The normalized spacial score (nSPS) is 11.3. The molecule has 0 aliphatic heterocycles. The summed E-state index contributed by atoms with van der Waals surface area (Å²) in [4.78, 5) is 23.6. The first-order valence-electron chi connectivity index (χ1n) is 18.9. The van der Waals surface area contributed by atoms with E-state index in [1.165, 1.54) is 19.3 Å². The van der Waals surface area contributed by atoms with Crippen LogP contribution in [0.2, 0.25) is 0 Å². The second-order valence-electron chi connectivity index (χ2n) is 11.2. The maximum Gasteiger partial charge on any atom is 0.379 e. The zero-order valence-electron chi connectivity index (χ0n) is 32.0. The van der Waals surface area contributed by atoms with Gasteiger partial charge in [-0.25, -0.2) is 4.79 Å². The molecule has 308 valence electrons. The van der Waals surface area contributed by atoms with Gasteiger partial charge in [-0.1, -0.05) is 56.5 Å². The van der Waals surface area contributed by atoms with Crippen molar-refractivity contribution in [3.05, 3.63) is 35.9 Å². The van der Waals surface area contributed by atoms with E-state index in [1.807, 2.05) is 0 Å². The van der Waals surface area contributed by atoms with Crippen LogP contribution in [0.4, 0.5) is 0 Å². The van der Waals surface area contributed by atoms with Gasteiger partial charge in [0.05, 0.1) is 152 Å². The SMILES string of the molecule is CCCCCCOCCOCCOCCOCCOCCOCCOCCOCCOCCOCCOCCOCCOC(=O)C(=O)c1ccccc1. The number of Topliss-reactive ketones (excluding diaryl/α,β-unsaturated/α-hetero) is 1. The molecule has 0 aromatic heterocycles. The maximum absolute atomic E-state index is 11.9. The van der Waals surface area contributed by atoms with Crippen LogP contribution in [0, 0.1) is 0 Å². The van der Waals surface area contributed by atoms with Gasteiger partial charge in [0.1, 0.15) is 6.61 Å². The highest BCUT2D eigenvalue weighted by atomic mass is 16.6. The zero-order chi connectivity index (χ0) is 38.0. The molecule has 0 bridgehead atoms. The van der Waals surface area contributed by atoms with Crippen LogP contribution < -0.4 is 0 Å². The van der Waals surface area contributed by atoms with Gasteiger partial charge in [-0.2, -0.15) is 0 Å². The molecule has 0 aliphatic carbocycles. The average molecular weight is 763 g/mol. The summed E-state index contributed by atoms with van der Waals surface area (Å²) in [5, 5.41) is 0. The molecule has 0 saturated heterocycles. The molecule has 0 fully saturated rings. The summed E-state index contributed by atoms with van der Waals surface area (Å²) in [6.45, 7) is 14.0. The first kappa shape index (κ1) is 48.9. The zero-order valence-corrected chi connectivity index (χ0v) is 32.0. The molecule has 0 N–H and O–H groups in total. The van der Waals surface area contributed by atoms with E-state index >= 15 is 0 Å². The fraction of sp³-hybridized carbons (Fsp3) is 0.789. The molecular weight excluding hydrogens is 696 g/mol. The second kappa shape index (κ2) is 41.1. The van der Waals surface area contributed by atoms with E-state index in [1.54, 1.807) is 30.3 Å². The van der Waals surface area contributed by atoms with Gasteiger partial charge in [-0.05, 0) is 6.42 Å². The van der Waals surface area contributed by atoms with Crippen molar-refractivity contribution in [2.45, 2.75) is 32.6 Å². The molecule has 0 heterocycles. The Hall–Kier alpha value is -2.12. The van der Waals surface area contributed by atoms with Crippen LogP contribution in [-0.4, -0.2) is 177 Å². The first-order valence-corrected chi connectivity index (χ1v) is 18.9. The summed E-state index contributed by atoms with van der Waals surface area (Å²) >= 11 is 0. The molecule has 0 spiro atoms. The van der Waals surface area contributed by atoms with Crippen LogP contribution in [-0.2, 0) is 66.4 Å². The van der Waals surface area contributed by atoms with Crippen LogP contribution in [0.15, 0.2) is 30.3 Å². The van der Waals surface area contributed by atoms with Gasteiger partial charge in [0.15, 0.2) is 0 Å². The minimum atomic E-state index is -0.897. The highest BCUT2D eigenvalue weighted by Gasteiger charge is 2.17. The Kier molecular flexibility index (Phi) is 37.9. The van der Waals surface area contributed by atoms with Gasteiger partial charge in [0.25, 0.3) is 5.78 Å². The Bertz CT molecular complexity index is 909. The average Bonchev–Trinajstić information content (AvgIpc) is 3.18. The molecule has 15 heteroatoms. The van der Waals surface area contributed by atoms with Crippen LogP contribution >= 0.6 is 0 Å². The number of benzene rings is 1. The van der Waals surface area contributed by atoms with E-state index in [0.29, 0.717) is 151 Å². The van der Waals surface area contributed by atoms with Crippen LogP contribution in [0.3, 0.4) is 0 Å². The number of ketones is 1. The number of carbonyl (C=O) groups excluding carboxylic acids is 2. The van der Waals surface area contributed by atoms with Crippen molar-refractivity contribution >= 4 is 11.8 Å². The van der Waals surface area contributed by atoms with Crippen LogP contribution in [0.5, 0.6) is 0 Å². The Morgan fingerprint density at radius 3 is 0.943 bits per heavy atom. The number of carbonyl (C=O) groups is 2. The Morgan fingerprint density at radius 1 is 0.358 bits per heavy atom. The number of hydrogen-bond donors (Lipinski definition) is 0. The molecule has 0 saturated carbocycles. The predicted octanol–water partition coefficient (Wildman–Crippen LogP) is 3.19. The highest BCUT2D eigenvalue weighted by molar-refractivity contribution is 6.40. The monoisotopic (exact) mass is 762 g/mol. The smallest absolute Gasteiger partial charge is 0.379 e. The van der Waals surface area contributed by atoms with Gasteiger partial charge in [0, 0.05) is 12.2 Å². The first-order chi connectivity index (χ1) is 26.3. The summed E-state index contributed by atoms with van der Waals surface area (Å²) in [6.07, 6.45) is 4.87. The van der Waals surface area contributed by atoms with E-state index in [0.717, 1.165) is 13.0 Å². The van der Waals surface area contributed by atoms with Crippen molar-refractivity contribution in [3.8, 4) is 0 Å². The summed E-state index contributed by atoms with van der Waals surface area (Å²) in [5.74, 6) is -1.57. The summed E-state index contributed by atoms with van der Waals surface area (Å²) < 4.78 is 70.5. The molecule has 0 aliphatic rings. The maximum atomic E-state index is 11.9. The molecule has 53 heavy (non-hydrogen) atoms. The summed E-state index contributed by atoms with van der Waals surface area (Å²) in [6, 6.07) is 8.26. The van der Waals surface area contributed by atoms with E-state index < -0.39 is 11.8 Å². The lowest BCUT2D eigenvalue weighted by molar-refractivity contribution is -0.139. The van der Waals surface area contributed by atoms with E-state index in [-0.39, 0.29) is 13.2 Å². The van der Waals surface area contributed by atoms with E-state index in [2.05, 4.69) is 6.92 Å². The predicted molar refractivity (Wildman–Crippen MR) is 196 cm³/mol. The molecule has 0 atom stereocenters. The molecule has 1 aromatic rings. The van der Waals surface area contributed by atoms with Gasteiger partial charge >= 0.3 is 5.97 Å². The molecule has 0 radical (unpaired) electrons. The van der Waals surface area contributed by atoms with Gasteiger partial charge in [0.2, 0.25) is 0 Å². The Balaban J connectivity index is 1.64. The summed E-state index contributed by atoms with van der Waals surface area (Å²) in [5.41, 5.74) is 0.295. The number of esters is 1. The molecule has 1 rings (SSSR count). The van der Waals surface area contributed by atoms with Crippen molar-refractivity contribution in [2.24, 2.45) is 0 Å². The Labute approximate surface area is 316 Å². The fourth-order valence-corrected chi connectivity index (χ4v) is 4.12. The number of unbranched alkanes of at least 4 members (excludes halogenated alkanes) is 3. The van der Waals surface area contributed by atoms with Crippen molar-refractivity contribution in [2.75, 3.05) is 165 Å². The third kappa shape index (κ3) is 35.3. The van der Waals surface area contributed by atoms with Gasteiger partial charge in [-0.3, -0.25) is 4.79 Å². The third-order valence-corrected chi connectivity index (χ3v) is 6.92. The van der Waals surface area contributed by atoms with Crippen molar-refractivity contribution < 1.29 is 71.2 Å².